The zero-order valence-corrected chi connectivity index (χ0v) is 10.3. The van der Waals surface area contributed by atoms with Crippen LogP contribution in [0.25, 0.3) is 6.08 Å². The second-order valence-electron chi connectivity index (χ2n) is 2.98. The topological polar surface area (TPSA) is 52.3 Å². The van der Waals surface area contributed by atoms with E-state index in [4.69, 9.17) is 10.5 Å². The third-order valence-corrected chi connectivity index (χ3v) is 2.42. The normalized spacial score (nSPS) is 10.7. The van der Waals surface area contributed by atoms with Gasteiger partial charge in [-0.3, -0.25) is 0 Å². The van der Waals surface area contributed by atoms with Crippen LogP contribution in [0.2, 0.25) is 0 Å². The van der Waals surface area contributed by atoms with Crippen molar-refractivity contribution < 1.29 is 13.9 Å². The van der Waals surface area contributed by atoms with Gasteiger partial charge in [-0.2, -0.15) is 0 Å². The number of carbonyl (C=O) groups excluding carboxylic acids is 1. The Kier molecular flexibility index (Phi) is 4.49. The number of halogens is 2. The molecule has 0 fully saturated rings. The van der Waals surface area contributed by atoms with Gasteiger partial charge in [-0.15, -0.1) is 0 Å². The van der Waals surface area contributed by atoms with Gasteiger partial charge >= 0.3 is 5.97 Å². The van der Waals surface area contributed by atoms with Crippen LogP contribution in [0.5, 0.6) is 0 Å². The van der Waals surface area contributed by atoms with Gasteiger partial charge in [0.15, 0.2) is 0 Å². The second-order valence-corrected chi connectivity index (χ2v) is 3.83. The first-order valence-electron chi connectivity index (χ1n) is 4.64. The summed E-state index contributed by atoms with van der Waals surface area (Å²) in [6.45, 7) is 2.03. The van der Waals surface area contributed by atoms with E-state index in [1.807, 2.05) is 0 Å². The van der Waals surface area contributed by atoms with Crippen molar-refractivity contribution in [3.8, 4) is 0 Å². The lowest BCUT2D eigenvalue weighted by molar-refractivity contribution is -0.137. The highest BCUT2D eigenvalue weighted by atomic mass is 79.9. The summed E-state index contributed by atoms with van der Waals surface area (Å²) in [7, 11) is 0. The summed E-state index contributed by atoms with van der Waals surface area (Å²) in [6.07, 6.45) is 2.73. The highest BCUT2D eigenvalue weighted by molar-refractivity contribution is 9.10. The number of rotatable bonds is 3. The van der Waals surface area contributed by atoms with E-state index < -0.39 is 11.8 Å². The van der Waals surface area contributed by atoms with Crippen LogP contribution in [0.15, 0.2) is 22.7 Å². The lowest BCUT2D eigenvalue weighted by Gasteiger charge is -2.02. The number of nitrogens with two attached hydrogens (primary N) is 1. The van der Waals surface area contributed by atoms with Gasteiger partial charge in [0.2, 0.25) is 0 Å². The number of esters is 1. The van der Waals surface area contributed by atoms with Gasteiger partial charge in [-0.1, -0.05) is 0 Å². The smallest absolute Gasteiger partial charge is 0.330 e. The maximum absolute atomic E-state index is 13.0. The molecular formula is C11H11BrFNO2. The standard InChI is InChI=1S/C11H11BrFNO2/c1-2-16-11(15)4-3-7-5-8(12)9(13)6-10(7)14/h3-6H,2,14H2,1H3. The largest absolute Gasteiger partial charge is 0.463 e. The minimum Gasteiger partial charge on any atom is -0.463 e. The number of hydrogen-bond donors (Lipinski definition) is 1. The highest BCUT2D eigenvalue weighted by Gasteiger charge is 2.04. The van der Waals surface area contributed by atoms with Crippen LogP contribution < -0.4 is 5.73 Å². The maximum Gasteiger partial charge on any atom is 0.330 e. The van der Waals surface area contributed by atoms with Crippen molar-refractivity contribution in [1.82, 2.24) is 0 Å². The average molecular weight is 288 g/mol. The van der Waals surface area contributed by atoms with Crippen LogP contribution in [-0.2, 0) is 9.53 Å². The first kappa shape index (κ1) is 12.7. The van der Waals surface area contributed by atoms with Crippen LogP contribution in [0.4, 0.5) is 10.1 Å². The summed E-state index contributed by atoms with van der Waals surface area (Å²) in [6, 6.07) is 2.69. The summed E-state index contributed by atoms with van der Waals surface area (Å²) in [5, 5.41) is 0. The van der Waals surface area contributed by atoms with Crippen LogP contribution >= 0.6 is 15.9 Å². The molecule has 0 saturated carbocycles. The third-order valence-electron chi connectivity index (χ3n) is 1.81. The van der Waals surface area contributed by atoms with E-state index in [9.17, 15) is 9.18 Å². The van der Waals surface area contributed by atoms with Crippen LogP contribution in [0, 0.1) is 5.82 Å². The fourth-order valence-corrected chi connectivity index (χ4v) is 1.43. The molecule has 3 nitrogen and oxygen atoms in total. The molecule has 16 heavy (non-hydrogen) atoms. The first-order chi connectivity index (χ1) is 7.54. The molecule has 0 amide bonds. The monoisotopic (exact) mass is 287 g/mol. The molecule has 0 heterocycles. The second kappa shape index (κ2) is 5.65. The van der Waals surface area contributed by atoms with E-state index in [1.165, 1.54) is 24.3 Å². The minimum absolute atomic E-state index is 0.265. The molecule has 1 rings (SSSR count). The Morgan fingerprint density at radius 1 is 1.62 bits per heavy atom. The number of nitrogen functional groups attached to an aromatic ring is 1. The Labute approximate surface area is 101 Å². The molecule has 1 aromatic carbocycles. The molecule has 0 radical (unpaired) electrons. The van der Waals surface area contributed by atoms with E-state index in [2.05, 4.69) is 15.9 Å². The Bertz CT molecular complexity index is 432. The number of hydrogen-bond acceptors (Lipinski definition) is 3. The Balaban J connectivity index is 2.89. The predicted octanol–water partition coefficient (Wildman–Crippen LogP) is 2.75. The number of benzene rings is 1. The summed E-state index contributed by atoms with van der Waals surface area (Å²) in [5.41, 5.74) is 6.41. The Morgan fingerprint density at radius 2 is 2.31 bits per heavy atom. The van der Waals surface area contributed by atoms with Crippen molar-refractivity contribution in [2.24, 2.45) is 0 Å². The lowest BCUT2D eigenvalue weighted by atomic mass is 10.1. The molecular weight excluding hydrogens is 277 g/mol. The number of ether oxygens (including phenoxy) is 1. The van der Waals surface area contributed by atoms with E-state index in [0.29, 0.717) is 16.6 Å². The summed E-state index contributed by atoms with van der Waals surface area (Å²) < 4.78 is 18.0. The fraction of sp³-hybridized carbons (Fsp3) is 0.182. The molecule has 2 N–H and O–H groups in total. The first-order valence-corrected chi connectivity index (χ1v) is 5.43. The zero-order valence-electron chi connectivity index (χ0n) is 8.67. The SMILES string of the molecule is CCOC(=O)C=Cc1cc(Br)c(F)cc1N. The van der Waals surface area contributed by atoms with Crippen molar-refractivity contribution in [2.45, 2.75) is 6.92 Å². The van der Waals surface area contributed by atoms with Crippen LogP contribution in [0.3, 0.4) is 0 Å². The molecule has 0 saturated heterocycles. The van der Waals surface area contributed by atoms with Gasteiger partial charge in [0, 0.05) is 11.8 Å². The van der Waals surface area contributed by atoms with Crippen LogP contribution in [-0.4, -0.2) is 12.6 Å². The molecule has 0 aliphatic heterocycles. The minimum atomic E-state index is -0.456. The number of carbonyl (C=O) groups is 1. The summed E-state index contributed by atoms with van der Waals surface area (Å²) in [4.78, 5) is 11.0. The lowest BCUT2D eigenvalue weighted by Crippen LogP contribution is -1.99. The molecule has 0 unspecified atom stereocenters. The van der Waals surface area contributed by atoms with E-state index >= 15 is 0 Å². The van der Waals surface area contributed by atoms with Crippen molar-refractivity contribution >= 4 is 33.7 Å². The van der Waals surface area contributed by atoms with Crippen molar-refractivity contribution in [1.29, 1.82) is 0 Å². The predicted molar refractivity (Wildman–Crippen MR) is 64.2 cm³/mol. The van der Waals surface area contributed by atoms with Crippen molar-refractivity contribution in [3.63, 3.8) is 0 Å². The van der Waals surface area contributed by atoms with Crippen molar-refractivity contribution in [3.05, 3.63) is 34.1 Å². The number of anilines is 1. The van der Waals surface area contributed by atoms with Crippen molar-refractivity contribution in [2.75, 3.05) is 12.3 Å². The summed E-state index contributed by atoms with van der Waals surface area (Å²) in [5.74, 6) is -0.895. The molecule has 0 spiro atoms. The highest BCUT2D eigenvalue weighted by Crippen LogP contribution is 2.23. The van der Waals surface area contributed by atoms with E-state index in [1.54, 1.807) is 6.92 Å². The van der Waals surface area contributed by atoms with Gasteiger partial charge in [0.1, 0.15) is 5.82 Å². The Hall–Kier alpha value is -1.36. The molecule has 5 heteroatoms. The van der Waals surface area contributed by atoms with Crippen LogP contribution in [0.1, 0.15) is 12.5 Å². The average Bonchev–Trinajstić information content (AvgIpc) is 2.22. The van der Waals surface area contributed by atoms with Gasteiger partial charge in [-0.25, -0.2) is 9.18 Å². The fourth-order valence-electron chi connectivity index (χ4n) is 1.07. The molecule has 0 aliphatic carbocycles. The quantitative estimate of drug-likeness (QED) is 0.528. The molecule has 1 aromatic rings. The molecule has 0 atom stereocenters. The summed E-state index contributed by atoms with van der Waals surface area (Å²) >= 11 is 3.04. The van der Waals surface area contributed by atoms with Gasteiger partial charge in [-0.05, 0) is 46.6 Å². The van der Waals surface area contributed by atoms with E-state index in [0.717, 1.165) is 0 Å². The Morgan fingerprint density at radius 3 is 2.94 bits per heavy atom. The van der Waals surface area contributed by atoms with Gasteiger partial charge < -0.3 is 10.5 Å². The zero-order chi connectivity index (χ0) is 12.1. The molecule has 0 aromatic heterocycles. The molecule has 86 valence electrons. The third kappa shape index (κ3) is 3.34. The maximum atomic E-state index is 13.0. The van der Waals surface area contributed by atoms with E-state index in [-0.39, 0.29) is 5.69 Å². The molecule has 0 bridgehead atoms. The molecule has 0 aliphatic rings. The van der Waals surface area contributed by atoms with Gasteiger partial charge in [0.05, 0.1) is 11.1 Å². The van der Waals surface area contributed by atoms with Gasteiger partial charge in [0.25, 0.3) is 0 Å².